The van der Waals surface area contributed by atoms with Gasteiger partial charge in [-0.15, -0.1) is 0 Å². The fraction of sp³-hybridized carbons (Fsp3) is 0.316. The molecule has 120 valence electrons. The molecule has 1 fully saturated rings. The zero-order chi connectivity index (χ0) is 16.4. The van der Waals surface area contributed by atoms with Gasteiger partial charge in [-0.05, 0) is 5.56 Å². The number of hydrogen-bond donors (Lipinski definition) is 0. The molecule has 3 rings (SSSR count). The molecular formula is C19H23NO2Si. The number of nitrogens with zero attached hydrogens (tertiary/aromatic N) is 1. The van der Waals surface area contributed by atoms with Crippen LogP contribution in [0.3, 0.4) is 0 Å². The molecule has 4 heteroatoms. The maximum absolute atomic E-state index is 13.0. The van der Waals surface area contributed by atoms with Gasteiger partial charge < -0.3 is 9.64 Å². The molecule has 1 saturated heterocycles. The maximum Gasteiger partial charge on any atom is 0.258 e. The summed E-state index contributed by atoms with van der Waals surface area (Å²) in [5.41, 5.74) is 1.97. The van der Waals surface area contributed by atoms with Crippen LogP contribution >= 0.6 is 0 Å². The van der Waals surface area contributed by atoms with Gasteiger partial charge in [-0.1, -0.05) is 80.3 Å². The molecule has 0 spiro atoms. The van der Waals surface area contributed by atoms with E-state index in [-0.39, 0.29) is 12.1 Å². The van der Waals surface area contributed by atoms with E-state index in [4.69, 9.17) is 4.74 Å². The van der Waals surface area contributed by atoms with Gasteiger partial charge in [-0.2, -0.15) is 0 Å². The first-order valence-corrected chi connectivity index (χ1v) is 11.7. The molecule has 0 bridgehead atoms. The Bertz CT molecular complexity index is 667. The summed E-state index contributed by atoms with van der Waals surface area (Å²) < 4.78 is 6.20. The Morgan fingerprint density at radius 2 is 1.43 bits per heavy atom. The van der Waals surface area contributed by atoms with Crippen LogP contribution in [0, 0.1) is 0 Å². The molecule has 3 nitrogen and oxygen atoms in total. The molecule has 1 aliphatic rings. The van der Waals surface area contributed by atoms with Crippen LogP contribution in [-0.2, 0) is 9.53 Å². The van der Waals surface area contributed by atoms with Crippen LogP contribution in [-0.4, -0.2) is 25.0 Å². The van der Waals surface area contributed by atoms with Gasteiger partial charge in [0.15, 0.2) is 12.3 Å². The third kappa shape index (κ3) is 3.54. The average molecular weight is 325 g/mol. The Kier molecular flexibility index (Phi) is 4.37. The van der Waals surface area contributed by atoms with E-state index in [0.29, 0.717) is 0 Å². The largest absolute Gasteiger partial charge is 0.336 e. The topological polar surface area (TPSA) is 29.5 Å². The standard InChI is InChI=1S/C19H23NO2Si/c1-23(2,3)14-20-18(21)17(15-10-6-4-7-11-15)22-19(20)16-12-8-5-9-13-16/h4-13,17,19H,14H2,1-3H3. The molecule has 0 radical (unpaired) electrons. The Labute approximate surface area is 138 Å². The minimum Gasteiger partial charge on any atom is -0.336 e. The normalized spacial score (nSPS) is 21.7. The average Bonchev–Trinajstić information content (AvgIpc) is 2.85. The smallest absolute Gasteiger partial charge is 0.258 e. The van der Waals surface area contributed by atoms with Crippen LogP contribution in [0.1, 0.15) is 23.5 Å². The summed E-state index contributed by atoms with van der Waals surface area (Å²) >= 11 is 0. The lowest BCUT2D eigenvalue weighted by molar-refractivity contribution is -0.129. The van der Waals surface area contributed by atoms with Crippen molar-refractivity contribution in [3.05, 3.63) is 71.8 Å². The molecule has 23 heavy (non-hydrogen) atoms. The summed E-state index contributed by atoms with van der Waals surface area (Å²) in [6, 6.07) is 19.8. The van der Waals surface area contributed by atoms with Crippen molar-refractivity contribution in [1.29, 1.82) is 0 Å². The number of carbonyl (C=O) groups excluding carboxylic acids is 1. The Morgan fingerprint density at radius 1 is 0.913 bits per heavy atom. The van der Waals surface area contributed by atoms with Gasteiger partial charge in [0.25, 0.3) is 5.91 Å². The third-order valence-corrected chi connectivity index (χ3v) is 5.18. The number of ether oxygens (including phenoxy) is 1. The minimum atomic E-state index is -1.44. The highest BCUT2D eigenvalue weighted by Gasteiger charge is 2.43. The molecule has 1 amide bonds. The molecule has 0 aromatic heterocycles. The lowest BCUT2D eigenvalue weighted by atomic mass is 10.1. The van der Waals surface area contributed by atoms with Crippen molar-refractivity contribution in [2.75, 3.05) is 6.17 Å². The van der Waals surface area contributed by atoms with E-state index in [1.807, 2.05) is 65.6 Å². The van der Waals surface area contributed by atoms with Crippen molar-refractivity contribution in [1.82, 2.24) is 4.90 Å². The van der Waals surface area contributed by atoms with Crippen LogP contribution in [0.25, 0.3) is 0 Å². The second kappa shape index (κ2) is 6.30. The third-order valence-electron chi connectivity index (χ3n) is 3.89. The van der Waals surface area contributed by atoms with E-state index in [0.717, 1.165) is 17.3 Å². The van der Waals surface area contributed by atoms with Crippen molar-refractivity contribution < 1.29 is 9.53 Å². The Morgan fingerprint density at radius 3 is 1.96 bits per heavy atom. The molecule has 2 atom stereocenters. The van der Waals surface area contributed by atoms with Gasteiger partial charge in [-0.3, -0.25) is 4.79 Å². The van der Waals surface area contributed by atoms with E-state index in [2.05, 4.69) is 19.6 Å². The molecule has 2 aromatic rings. The van der Waals surface area contributed by atoms with Gasteiger partial charge in [0.2, 0.25) is 0 Å². The van der Waals surface area contributed by atoms with Crippen LogP contribution < -0.4 is 0 Å². The van der Waals surface area contributed by atoms with Crippen LogP contribution in [0.5, 0.6) is 0 Å². The van der Waals surface area contributed by atoms with E-state index < -0.39 is 14.2 Å². The van der Waals surface area contributed by atoms with Crippen molar-refractivity contribution in [2.24, 2.45) is 0 Å². The fourth-order valence-electron chi connectivity index (χ4n) is 2.92. The van der Waals surface area contributed by atoms with E-state index in [1.54, 1.807) is 0 Å². The highest BCUT2D eigenvalue weighted by atomic mass is 28.3. The summed E-state index contributed by atoms with van der Waals surface area (Å²) in [5, 5.41) is 0. The van der Waals surface area contributed by atoms with Crippen LogP contribution in [0.2, 0.25) is 19.6 Å². The highest BCUT2D eigenvalue weighted by Crippen LogP contribution is 2.39. The predicted octanol–water partition coefficient (Wildman–Crippen LogP) is 4.16. The van der Waals surface area contributed by atoms with Crippen LogP contribution in [0.4, 0.5) is 0 Å². The lowest BCUT2D eigenvalue weighted by Crippen LogP contribution is -2.42. The first kappa shape index (κ1) is 16.0. The van der Waals surface area contributed by atoms with Crippen molar-refractivity contribution in [3.63, 3.8) is 0 Å². The summed E-state index contributed by atoms with van der Waals surface area (Å²) in [5.74, 6) is 0.0764. The first-order chi connectivity index (χ1) is 11.0. The van der Waals surface area contributed by atoms with Gasteiger partial charge >= 0.3 is 0 Å². The highest BCUT2D eigenvalue weighted by molar-refractivity contribution is 6.76. The van der Waals surface area contributed by atoms with Crippen molar-refractivity contribution in [3.8, 4) is 0 Å². The number of rotatable bonds is 4. The number of amides is 1. The zero-order valence-corrected chi connectivity index (χ0v) is 14.9. The fourth-order valence-corrected chi connectivity index (χ4v) is 4.27. The first-order valence-electron chi connectivity index (χ1n) is 8.01. The van der Waals surface area contributed by atoms with Crippen LogP contribution in [0.15, 0.2) is 60.7 Å². The summed E-state index contributed by atoms with van der Waals surface area (Å²) in [6.45, 7) is 6.83. The van der Waals surface area contributed by atoms with Gasteiger partial charge in [0.05, 0.1) is 8.07 Å². The lowest BCUT2D eigenvalue weighted by Gasteiger charge is -2.29. The number of benzene rings is 2. The van der Waals surface area contributed by atoms with Gasteiger partial charge in [-0.25, -0.2) is 0 Å². The van der Waals surface area contributed by atoms with Gasteiger partial charge in [0.1, 0.15) is 0 Å². The van der Waals surface area contributed by atoms with E-state index in [1.165, 1.54) is 0 Å². The summed E-state index contributed by atoms with van der Waals surface area (Å²) in [6.07, 6.45) is 0.00717. The summed E-state index contributed by atoms with van der Waals surface area (Å²) in [4.78, 5) is 14.9. The molecule has 2 unspecified atom stereocenters. The second-order valence-electron chi connectivity index (χ2n) is 7.22. The van der Waals surface area contributed by atoms with E-state index >= 15 is 0 Å². The van der Waals surface area contributed by atoms with Crippen molar-refractivity contribution >= 4 is 14.0 Å². The van der Waals surface area contributed by atoms with E-state index in [9.17, 15) is 4.79 Å². The molecule has 2 aromatic carbocycles. The minimum absolute atomic E-state index is 0.0764. The molecule has 1 aliphatic heterocycles. The quantitative estimate of drug-likeness (QED) is 0.790. The van der Waals surface area contributed by atoms with Crippen molar-refractivity contribution in [2.45, 2.75) is 32.0 Å². The Hall–Kier alpha value is -1.91. The second-order valence-corrected chi connectivity index (χ2v) is 12.7. The molecule has 0 saturated carbocycles. The molecular weight excluding hydrogens is 302 g/mol. The maximum atomic E-state index is 13.0. The molecule has 0 aliphatic carbocycles. The zero-order valence-electron chi connectivity index (χ0n) is 13.9. The number of carbonyl (C=O) groups is 1. The molecule has 1 heterocycles. The van der Waals surface area contributed by atoms with Gasteiger partial charge in [0, 0.05) is 11.7 Å². The molecule has 0 N–H and O–H groups in total. The number of hydrogen-bond acceptors (Lipinski definition) is 2. The predicted molar refractivity (Wildman–Crippen MR) is 94.5 cm³/mol. The monoisotopic (exact) mass is 325 g/mol. The summed E-state index contributed by atoms with van der Waals surface area (Å²) in [7, 11) is -1.44. The Balaban J connectivity index is 1.95. The SMILES string of the molecule is C[Si](C)(C)CN1C(=O)C(c2ccccc2)OC1c1ccccc1.